The van der Waals surface area contributed by atoms with Gasteiger partial charge in [0.1, 0.15) is 0 Å². The molecule has 7 heteroatoms. The number of hydrogen-bond acceptors (Lipinski definition) is 5. The van der Waals surface area contributed by atoms with Crippen LogP contribution < -0.4 is 5.32 Å². The Labute approximate surface area is 88.9 Å². The molecule has 0 unspecified atom stereocenters. The average molecular weight is 225 g/mol. The van der Waals surface area contributed by atoms with Crippen molar-refractivity contribution in [2.24, 2.45) is 0 Å². The van der Waals surface area contributed by atoms with Crippen LogP contribution in [-0.4, -0.2) is 27.7 Å². The Morgan fingerprint density at radius 2 is 2.20 bits per heavy atom. The summed E-state index contributed by atoms with van der Waals surface area (Å²) in [6.07, 6.45) is 0. The third-order valence-corrected chi connectivity index (χ3v) is 2.97. The van der Waals surface area contributed by atoms with Gasteiger partial charge in [-0.3, -0.25) is 19.8 Å². The van der Waals surface area contributed by atoms with Crippen molar-refractivity contribution >= 4 is 29.2 Å². The maximum Gasteiger partial charge on any atom is 0.331 e. The fourth-order valence-electron chi connectivity index (χ4n) is 1.20. The molecular weight excluding hydrogens is 218 g/mol. The van der Waals surface area contributed by atoms with Crippen molar-refractivity contribution in [1.82, 2.24) is 15.2 Å². The number of imide groups is 2. The van der Waals surface area contributed by atoms with Crippen molar-refractivity contribution in [1.29, 1.82) is 0 Å². The summed E-state index contributed by atoms with van der Waals surface area (Å²) in [5.41, 5.74) is 2.39. The van der Waals surface area contributed by atoms with E-state index in [1.54, 1.807) is 12.4 Å². The topological polar surface area (TPSA) is 79.4 Å². The van der Waals surface area contributed by atoms with Crippen LogP contribution in [0.4, 0.5) is 4.79 Å². The van der Waals surface area contributed by atoms with Crippen molar-refractivity contribution in [3.05, 3.63) is 16.1 Å². The molecule has 0 spiro atoms. The van der Waals surface area contributed by atoms with Crippen LogP contribution in [0.5, 0.6) is 0 Å². The predicted octanol–water partition coefficient (Wildman–Crippen LogP) is 0.0299. The zero-order valence-corrected chi connectivity index (χ0v) is 8.63. The molecule has 0 radical (unpaired) electrons. The summed E-state index contributed by atoms with van der Waals surface area (Å²) in [5, 5.41) is 1.93. The molecule has 0 atom stereocenters. The summed E-state index contributed by atoms with van der Waals surface area (Å²) < 4.78 is 0. The first-order valence-corrected chi connectivity index (χ1v) is 5.03. The molecule has 0 bridgehead atoms. The number of nitrogens with zero attached hydrogens (tertiary/aromatic N) is 2. The van der Waals surface area contributed by atoms with Crippen LogP contribution in [0.1, 0.15) is 10.6 Å². The molecule has 15 heavy (non-hydrogen) atoms. The second-order valence-electron chi connectivity index (χ2n) is 3.01. The molecule has 0 saturated carbocycles. The minimum atomic E-state index is -0.873. The first-order chi connectivity index (χ1) is 7.09. The van der Waals surface area contributed by atoms with Crippen LogP contribution in [0.3, 0.4) is 0 Å². The summed E-state index contributed by atoms with van der Waals surface area (Å²) in [7, 11) is 0. The quantitative estimate of drug-likeness (QED) is 0.569. The molecule has 1 saturated heterocycles. The van der Waals surface area contributed by atoms with Crippen molar-refractivity contribution < 1.29 is 14.4 Å². The van der Waals surface area contributed by atoms with Crippen LogP contribution in [0.2, 0.25) is 0 Å². The van der Waals surface area contributed by atoms with E-state index < -0.39 is 17.8 Å². The van der Waals surface area contributed by atoms with Gasteiger partial charge < -0.3 is 0 Å². The number of hydrogen-bond donors (Lipinski definition) is 1. The number of rotatable bonds is 2. The molecule has 0 aromatic carbocycles. The highest BCUT2D eigenvalue weighted by atomic mass is 32.1. The Balaban J connectivity index is 2.20. The highest BCUT2D eigenvalue weighted by molar-refractivity contribution is 7.09. The fraction of sp³-hybridized carbons (Fsp3) is 0.250. The van der Waals surface area contributed by atoms with Gasteiger partial charge in [0.25, 0.3) is 0 Å². The minimum Gasteiger partial charge on any atom is -0.269 e. The summed E-state index contributed by atoms with van der Waals surface area (Å²) in [6.45, 7) is 1.89. The zero-order valence-electron chi connectivity index (χ0n) is 7.81. The molecule has 1 N–H and O–H groups in total. The molecule has 2 heterocycles. The van der Waals surface area contributed by atoms with Crippen molar-refractivity contribution in [3.8, 4) is 0 Å². The summed E-state index contributed by atoms with van der Waals surface area (Å²) in [5.74, 6) is -1.69. The monoisotopic (exact) mass is 225 g/mol. The number of nitrogens with one attached hydrogen (secondary N) is 1. The van der Waals surface area contributed by atoms with Gasteiger partial charge in [0, 0.05) is 4.88 Å². The number of aryl methyl sites for hydroxylation is 1. The van der Waals surface area contributed by atoms with Crippen LogP contribution in [0, 0.1) is 6.92 Å². The highest BCUT2D eigenvalue weighted by Crippen LogP contribution is 2.16. The Morgan fingerprint density at radius 3 is 2.67 bits per heavy atom. The third-order valence-electron chi connectivity index (χ3n) is 2.05. The molecule has 4 amide bonds. The first-order valence-electron chi connectivity index (χ1n) is 4.15. The second kappa shape index (κ2) is 3.43. The van der Waals surface area contributed by atoms with Gasteiger partial charge in [0.2, 0.25) is 0 Å². The smallest absolute Gasteiger partial charge is 0.269 e. The fourth-order valence-corrected chi connectivity index (χ4v) is 1.96. The average Bonchev–Trinajstić information content (AvgIpc) is 2.67. The van der Waals surface area contributed by atoms with Gasteiger partial charge in [-0.1, -0.05) is 0 Å². The van der Waals surface area contributed by atoms with Crippen LogP contribution in [0.15, 0.2) is 5.51 Å². The number of carbonyl (C=O) groups excluding carboxylic acids is 3. The molecule has 0 aliphatic carbocycles. The van der Waals surface area contributed by atoms with E-state index in [9.17, 15) is 14.4 Å². The largest absolute Gasteiger partial charge is 0.331 e. The number of carbonyl (C=O) groups is 3. The van der Waals surface area contributed by atoms with Gasteiger partial charge in [0.05, 0.1) is 17.7 Å². The normalized spacial score (nSPS) is 16.1. The molecule has 1 fully saturated rings. The van der Waals surface area contributed by atoms with E-state index in [2.05, 4.69) is 4.98 Å². The lowest BCUT2D eigenvalue weighted by Gasteiger charge is -2.09. The lowest BCUT2D eigenvalue weighted by atomic mass is 10.3. The lowest BCUT2D eigenvalue weighted by Crippen LogP contribution is -2.30. The predicted molar refractivity (Wildman–Crippen MR) is 50.9 cm³/mol. The van der Waals surface area contributed by atoms with Crippen molar-refractivity contribution in [3.63, 3.8) is 0 Å². The van der Waals surface area contributed by atoms with E-state index >= 15 is 0 Å². The van der Waals surface area contributed by atoms with Crippen molar-refractivity contribution in [2.75, 3.05) is 0 Å². The van der Waals surface area contributed by atoms with Gasteiger partial charge in [-0.05, 0) is 6.92 Å². The Kier molecular flexibility index (Phi) is 2.24. The van der Waals surface area contributed by atoms with E-state index in [0.717, 1.165) is 15.5 Å². The molecule has 1 aliphatic heterocycles. The third kappa shape index (κ3) is 1.61. The van der Waals surface area contributed by atoms with Crippen LogP contribution >= 0.6 is 11.3 Å². The van der Waals surface area contributed by atoms with Gasteiger partial charge in [-0.25, -0.2) is 9.78 Å². The standard InChI is InChI=1S/C8H7N3O3S/c1-4-5(15-3-9-4)2-11-7(13)6(12)10-8(11)14/h3H,2H2,1H3,(H,10,12,14). The van der Waals surface area contributed by atoms with Gasteiger partial charge in [-0.15, -0.1) is 11.3 Å². The summed E-state index contributed by atoms with van der Waals surface area (Å²) in [6, 6.07) is -0.669. The number of thiazole rings is 1. The van der Waals surface area contributed by atoms with Gasteiger partial charge >= 0.3 is 17.8 Å². The molecule has 1 aliphatic rings. The Bertz CT molecular complexity index is 454. The second-order valence-corrected chi connectivity index (χ2v) is 3.95. The molecule has 1 aromatic heterocycles. The first kappa shape index (κ1) is 9.78. The Hall–Kier alpha value is -1.76. The zero-order chi connectivity index (χ0) is 11.0. The van der Waals surface area contributed by atoms with Gasteiger partial charge in [-0.2, -0.15) is 0 Å². The maximum atomic E-state index is 11.2. The lowest BCUT2D eigenvalue weighted by molar-refractivity contribution is -0.140. The van der Waals surface area contributed by atoms with E-state index in [1.165, 1.54) is 11.3 Å². The molecule has 1 aromatic rings. The highest BCUT2D eigenvalue weighted by Gasteiger charge is 2.37. The Morgan fingerprint density at radius 1 is 1.47 bits per heavy atom. The maximum absolute atomic E-state index is 11.2. The SMILES string of the molecule is Cc1ncsc1CN1C(=O)NC(=O)C1=O. The molecular formula is C8H7N3O3S. The van der Waals surface area contributed by atoms with Crippen LogP contribution in [0.25, 0.3) is 0 Å². The summed E-state index contributed by atoms with van der Waals surface area (Å²) >= 11 is 1.35. The van der Waals surface area contributed by atoms with E-state index in [1.807, 2.05) is 5.32 Å². The minimum absolute atomic E-state index is 0.104. The number of amides is 4. The van der Waals surface area contributed by atoms with E-state index in [-0.39, 0.29) is 6.54 Å². The van der Waals surface area contributed by atoms with Crippen LogP contribution in [-0.2, 0) is 16.1 Å². The molecule has 78 valence electrons. The van der Waals surface area contributed by atoms with E-state index in [4.69, 9.17) is 0 Å². The number of aromatic nitrogens is 1. The molecule has 2 rings (SSSR count). The van der Waals surface area contributed by atoms with Crippen molar-refractivity contribution in [2.45, 2.75) is 13.5 Å². The van der Waals surface area contributed by atoms with E-state index in [0.29, 0.717) is 0 Å². The van der Waals surface area contributed by atoms with Gasteiger partial charge in [0.15, 0.2) is 0 Å². The summed E-state index contributed by atoms with van der Waals surface area (Å²) in [4.78, 5) is 39.0. The number of urea groups is 1. The molecule has 6 nitrogen and oxygen atoms in total.